The molecule has 0 atom stereocenters. The molecule has 0 aromatic carbocycles. The number of aryl methyl sites for hydroxylation is 1. The van der Waals surface area contributed by atoms with Gasteiger partial charge in [-0.2, -0.15) is 8.42 Å². The number of carboxylic acid groups (broad SMARTS) is 2. The van der Waals surface area contributed by atoms with E-state index in [2.05, 4.69) is 16.5 Å². The molecule has 194 valence electrons. The lowest BCUT2D eigenvalue weighted by Gasteiger charge is -2.27. The van der Waals surface area contributed by atoms with Crippen molar-refractivity contribution in [1.29, 1.82) is 0 Å². The van der Waals surface area contributed by atoms with E-state index in [0.717, 1.165) is 55.0 Å². The van der Waals surface area contributed by atoms with E-state index in [1.807, 2.05) is 17.5 Å². The Hall–Kier alpha value is -2.50. The van der Waals surface area contributed by atoms with Crippen LogP contribution in [0, 0.1) is 11.8 Å². The molecule has 2 aromatic heterocycles. The lowest BCUT2D eigenvalue weighted by atomic mass is 9.82. The molecule has 11 heteroatoms. The van der Waals surface area contributed by atoms with Crippen LogP contribution in [-0.4, -0.2) is 50.9 Å². The van der Waals surface area contributed by atoms with Crippen molar-refractivity contribution in [3.8, 4) is 0 Å². The molecule has 1 saturated carbocycles. The lowest BCUT2D eigenvalue weighted by Crippen LogP contribution is -2.24. The molecule has 9 nitrogen and oxygen atoms in total. The number of imidazole rings is 1. The van der Waals surface area contributed by atoms with Crippen LogP contribution in [0.5, 0.6) is 0 Å². The van der Waals surface area contributed by atoms with E-state index in [4.69, 9.17) is 4.55 Å². The number of hydrogen-bond acceptors (Lipinski definition) is 6. The van der Waals surface area contributed by atoms with Crippen molar-refractivity contribution in [2.45, 2.75) is 64.8 Å². The molecule has 2 heterocycles. The molecular formula is C24H34N2O7S2. The first-order valence-electron chi connectivity index (χ1n) is 11.6. The quantitative estimate of drug-likeness (QED) is 0.305. The van der Waals surface area contributed by atoms with Gasteiger partial charge in [0, 0.05) is 29.8 Å². The Bertz CT molecular complexity index is 1090. The lowest BCUT2D eigenvalue weighted by molar-refractivity contribution is -0.143. The summed E-state index contributed by atoms with van der Waals surface area (Å²) in [6.45, 7) is 2.91. The van der Waals surface area contributed by atoms with Gasteiger partial charge in [-0.3, -0.25) is 9.35 Å². The summed E-state index contributed by atoms with van der Waals surface area (Å²) in [5.41, 5.74) is 1.19. The van der Waals surface area contributed by atoms with Gasteiger partial charge in [-0.1, -0.05) is 19.4 Å². The van der Waals surface area contributed by atoms with Crippen LogP contribution in [0.15, 0.2) is 29.3 Å². The predicted molar refractivity (Wildman–Crippen MR) is 135 cm³/mol. The van der Waals surface area contributed by atoms with Crippen LogP contribution in [0.4, 0.5) is 0 Å². The number of nitrogens with zero attached hydrogens (tertiary/aromatic N) is 2. The SMILES string of the molecule is CCCCc1ncc(/C=C(/Cc2cccs2)C(=O)O)n1CC1CCC(C(=O)O)CC1.CS(=O)(=O)O. The molecule has 1 fully saturated rings. The van der Waals surface area contributed by atoms with Gasteiger partial charge in [-0.15, -0.1) is 11.3 Å². The molecule has 0 radical (unpaired) electrons. The van der Waals surface area contributed by atoms with Crippen LogP contribution < -0.4 is 0 Å². The Labute approximate surface area is 210 Å². The number of carbonyl (C=O) groups is 2. The normalized spacial score (nSPS) is 18.5. The maximum absolute atomic E-state index is 11.9. The van der Waals surface area contributed by atoms with Crippen LogP contribution in [-0.2, 0) is 39.1 Å². The second-order valence-electron chi connectivity index (χ2n) is 8.83. The molecule has 0 unspecified atom stereocenters. The van der Waals surface area contributed by atoms with Crippen LogP contribution >= 0.6 is 11.3 Å². The molecule has 0 amide bonds. The fourth-order valence-electron chi connectivity index (χ4n) is 4.11. The average molecular weight is 527 g/mol. The third-order valence-corrected chi connectivity index (χ3v) is 6.78. The highest BCUT2D eigenvalue weighted by Crippen LogP contribution is 2.31. The minimum Gasteiger partial charge on any atom is -0.481 e. The average Bonchev–Trinajstić information content (AvgIpc) is 3.41. The maximum atomic E-state index is 11.9. The zero-order valence-electron chi connectivity index (χ0n) is 20.1. The number of thiophene rings is 1. The minimum atomic E-state index is -3.67. The van der Waals surface area contributed by atoms with Gasteiger partial charge < -0.3 is 14.8 Å². The molecule has 1 aliphatic carbocycles. The summed E-state index contributed by atoms with van der Waals surface area (Å²) >= 11 is 1.56. The summed E-state index contributed by atoms with van der Waals surface area (Å²) in [6, 6.07) is 3.88. The van der Waals surface area contributed by atoms with Crippen molar-refractivity contribution in [3.05, 3.63) is 45.7 Å². The van der Waals surface area contributed by atoms with Crippen molar-refractivity contribution in [2.75, 3.05) is 6.26 Å². The number of carboxylic acids is 2. The highest BCUT2D eigenvalue weighted by atomic mass is 32.2. The maximum Gasteiger partial charge on any atom is 0.332 e. The second kappa shape index (κ2) is 13.6. The van der Waals surface area contributed by atoms with Gasteiger partial charge in [0.1, 0.15) is 5.82 Å². The van der Waals surface area contributed by atoms with E-state index < -0.39 is 22.1 Å². The fourth-order valence-corrected chi connectivity index (χ4v) is 4.84. The molecule has 1 aliphatic rings. The number of aromatic nitrogens is 2. The van der Waals surface area contributed by atoms with Gasteiger partial charge in [-0.05, 0) is 55.5 Å². The van der Waals surface area contributed by atoms with Gasteiger partial charge >= 0.3 is 11.9 Å². The molecule has 3 N–H and O–H groups in total. The minimum absolute atomic E-state index is 0.229. The molecule has 3 rings (SSSR count). The van der Waals surface area contributed by atoms with E-state index in [1.54, 1.807) is 23.6 Å². The Morgan fingerprint density at radius 3 is 2.40 bits per heavy atom. The summed E-state index contributed by atoms with van der Waals surface area (Å²) in [7, 11) is -3.67. The number of hydrogen-bond donors (Lipinski definition) is 3. The Balaban J connectivity index is 0.000000784. The van der Waals surface area contributed by atoms with Crippen LogP contribution in [0.3, 0.4) is 0 Å². The van der Waals surface area contributed by atoms with Crippen molar-refractivity contribution >= 4 is 39.5 Å². The standard InChI is InChI=1S/C23H30N2O4S.CH4O3S/c1-2-3-6-21-24-14-19(12-18(23(28)29)13-20-5-4-11-30-20)25(21)15-16-7-9-17(10-8-16)22(26)27;1-5(2,3)4/h4-5,11-12,14,16-17H,2-3,6-10,13,15H2,1H3,(H,26,27)(H,28,29);1H3,(H,2,3,4)/b18-12-;. The van der Waals surface area contributed by atoms with Gasteiger partial charge in [0.2, 0.25) is 0 Å². The zero-order chi connectivity index (χ0) is 26.0. The van der Waals surface area contributed by atoms with Crippen LogP contribution in [0.25, 0.3) is 6.08 Å². The zero-order valence-corrected chi connectivity index (χ0v) is 21.7. The third-order valence-electron chi connectivity index (χ3n) is 5.90. The Morgan fingerprint density at radius 2 is 1.89 bits per heavy atom. The monoisotopic (exact) mass is 526 g/mol. The number of rotatable bonds is 10. The molecule has 0 saturated heterocycles. The summed E-state index contributed by atoms with van der Waals surface area (Å²) in [4.78, 5) is 28.7. The van der Waals surface area contributed by atoms with Gasteiger partial charge in [0.05, 0.1) is 24.1 Å². The first-order valence-corrected chi connectivity index (χ1v) is 14.4. The number of unbranched alkanes of at least 4 members (excludes halogenated alkanes) is 1. The fraction of sp³-hybridized carbons (Fsp3) is 0.542. The number of aliphatic carboxylic acids is 2. The first-order chi connectivity index (χ1) is 16.5. The first kappa shape index (κ1) is 28.7. The van der Waals surface area contributed by atoms with E-state index >= 15 is 0 Å². The topological polar surface area (TPSA) is 147 Å². The van der Waals surface area contributed by atoms with Gasteiger partial charge in [-0.25, -0.2) is 9.78 Å². The van der Waals surface area contributed by atoms with Crippen molar-refractivity contribution in [2.24, 2.45) is 11.8 Å². The molecule has 0 aliphatic heterocycles. The van der Waals surface area contributed by atoms with Crippen LogP contribution in [0.1, 0.15) is 61.8 Å². The molecular weight excluding hydrogens is 492 g/mol. The second-order valence-corrected chi connectivity index (χ2v) is 11.3. The molecule has 0 spiro atoms. The van der Waals surface area contributed by atoms with Crippen LogP contribution in [0.2, 0.25) is 0 Å². The van der Waals surface area contributed by atoms with E-state index in [9.17, 15) is 28.2 Å². The molecule has 2 aromatic rings. The molecule has 0 bridgehead atoms. The molecule has 35 heavy (non-hydrogen) atoms. The van der Waals surface area contributed by atoms with Gasteiger partial charge in [0.15, 0.2) is 0 Å². The smallest absolute Gasteiger partial charge is 0.332 e. The summed E-state index contributed by atoms with van der Waals surface area (Å²) in [5.74, 6) is -0.444. The Kier molecular flexibility index (Phi) is 11.1. The summed E-state index contributed by atoms with van der Waals surface area (Å²) < 4.78 is 28.0. The third kappa shape index (κ3) is 10.3. The summed E-state index contributed by atoms with van der Waals surface area (Å²) in [5, 5.41) is 20.9. The van der Waals surface area contributed by atoms with Crippen molar-refractivity contribution < 1.29 is 32.8 Å². The predicted octanol–water partition coefficient (Wildman–Crippen LogP) is 4.39. The van der Waals surface area contributed by atoms with E-state index in [-0.39, 0.29) is 5.92 Å². The highest BCUT2D eigenvalue weighted by molar-refractivity contribution is 7.85. The van der Waals surface area contributed by atoms with E-state index in [1.165, 1.54) is 0 Å². The Morgan fingerprint density at radius 1 is 1.23 bits per heavy atom. The van der Waals surface area contributed by atoms with Crippen molar-refractivity contribution in [3.63, 3.8) is 0 Å². The summed E-state index contributed by atoms with van der Waals surface area (Å²) in [6.07, 6.45) is 10.8. The van der Waals surface area contributed by atoms with Crippen molar-refractivity contribution in [1.82, 2.24) is 9.55 Å². The van der Waals surface area contributed by atoms with E-state index in [0.29, 0.717) is 37.0 Å². The largest absolute Gasteiger partial charge is 0.481 e. The highest BCUT2D eigenvalue weighted by Gasteiger charge is 2.27. The van der Waals surface area contributed by atoms with Gasteiger partial charge in [0.25, 0.3) is 10.1 Å².